The Morgan fingerprint density at radius 1 is 0.971 bits per heavy atom. The minimum atomic E-state index is -0.156. The Kier molecular flexibility index (Phi) is 6.13. The molecule has 2 aliphatic heterocycles. The van der Waals surface area contributed by atoms with Crippen molar-refractivity contribution in [2.24, 2.45) is 24.8 Å². The molecule has 5 heteroatoms. The summed E-state index contributed by atoms with van der Waals surface area (Å²) in [5.41, 5.74) is 3.15. The Hall–Kier alpha value is -2.66. The number of amides is 1. The second kappa shape index (κ2) is 9.42. The van der Waals surface area contributed by atoms with E-state index in [0.29, 0.717) is 17.8 Å². The molecule has 0 N–H and O–H groups in total. The van der Waals surface area contributed by atoms with Crippen LogP contribution in [0.15, 0.2) is 54.7 Å². The van der Waals surface area contributed by atoms with Crippen molar-refractivity contribution < 1.29 is 9.18 Å². The zero-order valence-corrected chi connectivity index (χ0v) is 20.7. The van der Waals surface area contributed by atoms with E-state index in [1.54, 1.807) is 12.1 Å². The SMILES string of the molecule is Cn1ccc2cccc(C(=O)N3C[C@@H](CN4CCC(c5ccc(F)cc5)CC4)[C@H](C4CCC4)C3)c21. The van der Waals surface area contributed by atoms with Crippen LogP contribution < -0.4 is 0 Å². The molecule has 1 aliphatic carbocycles. The van der Waals surface area contributed by atoms with E-state index in [1.165, 1.54) is 24.8 Å². The number of carbonyl (C=O) groups excluding carboxylic acids is 1. The predicted molar refractivity (Wildman–Crippen MR) is 138 cm³/mol. The summed E-state index contributed by atoms with van der Waals surface area (Å²) in [5, 5.41) is 1.13. The molecule has 35 heavy (non-hydrogen) atoms. The minimum Gasteiger partial charge on any atom is -0.350 e. The number of hydrogen-bond acceptors (Lipinski definition) is 2. The maximum absolute atomic E-state index is 13.7. The molecule has 1 aromatic heterocycles. The van der Waals surface area contributed by atoms with E-state index in [1.807, 2.05) is 37.5 Å². The summed E-state index contributed by atoms with van der Waals surface area (Å²) in [6, 6.07) is 15.3. The largest absolute Gasteiger partial charge is 0.350 e. The van der Waals surface area contributed by atoms with E-state index in [2.05, 4.69) is 26.5 Å². The Morgan fingerprint density at radius 2 is 1.74 bits per heavy atom. The van der Waals surface area contributed by atoms with E-state index in [9.17, 15) is 9.18 Å². The van der Waals surface area contributed by atoms with Crippen molar-refractivity contribution in [2.75, 3.05) is 32.7 Å². The highest BCUT2D eigenvalue weighted by atomic mass is 19.1. The molecule has 3 aliphatic rings. The van der Waals surface area contributed by atoms with Gasteiger partial charge in [-0.1, -0.05) is 43.5 Å². The molecule has 3 fully saturated rings. The first-order chi connectivity index (χ1) is 17.1. The molecule has 1 saturated carbocycles. The number of aromatic nitrogens is 1. The Labute approximate surface area is 207 Å². The van der Waals surface area contributed by atoms with Crippen LogP contribution in [0.25, 0.3) is 10.9 Å². The zero-order chi connectivity index (χ0) is 23.9. The maximum Gasteiger partial charge on any atom is 0.256 e. The van der Waals surface area contributed by atoms with Crippen LogP contribution in [-0.4, -0.2) is 53.0 Å². The monoisotopic (exact) mass is 473 g/mol. The summed E-state index contributed by atoms with van der Waals surface area (Å²) in [6.45, 7) is 5.05. The van der Waals surface area contributed by atoms with Gasteiger partial charge < -0.3 is 14.4 Å². The van der Waals surface area contributed by atoms with E-state index in [0.717, 1.165) is 67.9 Å². The molecule has 6 rings (SSSR count). The number of rotatable bonds is 5. The van der Waals surface area contributed by atoms with Crippen LogP contribution in [0.3, 0.4) is 0 Å². The number of benzene rings is 2. The van der Waals surface area contributed by atoms with Gasteiger partial charge in [-0.15, -0.1) is 0 Å². The first-order valence-corrected chi connectivity index (χ1v) is 13.4. The van der Waals surface area contributed by atoms with Gasteiger partial charge in [0.25, 0.3) is 5.91 Å². The van der Waals surface area contributed by atoms with Gasteiger partial charge in [0.15, 0.2) is 0 Å². The lowest BCUT2D eigenvalue weighted by Crippen LogP contribution is -2.40. The molecule has 2 aromatic carbocycles. The molecule has 2 saturated heterocycles. The maximum atomic E-state index is 13.7. The first-order valence-electron chi connectivity index (χ1n) is 13.4. The Balaban J connectivity index is 1.14. The Bertz CT molecular complexity index is 1190. The predicted octanol–water partition coefficient (Wildman–Crippen LogP) is 5.69. The molecule has 1 amide bonds. The highest BCUT2D eigenvalue weighted by molar-refractivity contribution is 6.06. The van der Waals surface area contributed by atoms with Crippen LogP contribution in [0.5, 0.6) is 0 Å². The zero-order valence-electron chi connectivity index (χ0n) is 20.7. The lowest BCUT2D eigenvalue weighted by Gasteiger charge is -2.38. The molecule has 0 radical (unpaired) electrons. The van der Waals surface area contributed by atoms with Gasteiger partial charge in [-0.25, -0.2) is 4.39 Å². The number of piperidine rings is 1. The number of hydrogen-bond donors (Lipinski definition) is 0. The summed E-state index contributed by atoms with van der Waals surface area (Å²) in [6.07, 6.45) is 8.29. The van der Waals surface area contributed by atoms with Crippen molar-refractivity contribution in [1.29, 1.82) is 0 Å². The van der Waals surface area contributed by atoms with Crippen LogP contribution in [0.2, 0.25) is 0 Å². The van der Waals surface area contributed by atoms with Crippen molar-refractivity contribution in [3.05, 3.63) is 71.7 Å². The highest BCUT2D eigenvalue weighted by Gasteiger charge is 2.42. The topological polar surface area (TPSA) is 28.5 Å². The Morgan fingerprint density at radius 3 is 2.46 bits per heavy atom. The third kappa shape index (κ3) is 4.40. The smallest absolute Gasteiger partial charge is 0.256 e. The van der Waals surface area contributed by atoms with Gasteiger partial charge in [-0.2, -0.15) is 0 Å². The summed E-state index contributed by atoms with van der Waals surface area (Å²) in [7, 11) is 2.03. The van der Waals surface area contributed by atoms with E-state index >= 15 is 0 Å². The molecule has 3 aromatic rings. The molecule has 2 atom stereocenters. The van der Waals surface area contributed by atoms with Gasteiger partial charge in [0.05, 0.1) is 11.1 Å². The van der Waals surface area contributed by atoms with Crippen LogP contribution in [-0.2, 0) is 7.05 Å². The van der Waals surface area contributed by atoms with E-state index < -0.39 is 0 Å². The van der Waals surface area contributed by atoms with Crippen LogP contribution in [0.1, 0.15) is 53.9 Å². The van der Waals surface area contributed by atoms with Gasteiger partial charge in [-0.05, 0) is 79.4 Å². The van der Waals surface area contributed by atoms with Gasteiger partial charge in [-0.3, -0.25) is 4.79 Å². The molecule has 184 valence electrons. The third-order valence-corrected chi connectivity index (χ3v) is 9.08. The van der Waals surface area contributed by atoms with Crippen molar-refractivity contribution in [3.8, 4) is 0 Å². The number of halogens is 1. The molecule has 0 spiro atoms. The van der Waals surface area contributed by atoms with E-state index in [4.69, 9.17) is 0 Å². The van der Waals surface area contributed by atoms with Gasteiger partial charge >= 0.3 is 0 Å². The second-order valence-corrected chi connectivity index (χ2v) is 11.1. The van der Waals surface area contributed by atoms with Gasteiger partial charge in [0.1, 0.15) is 5.82 Å². The molecular weight excluding hydrogens is 437 g/mol. The van der Waals surface area contributed by atoms with Crippen molar-refractivity contribution >= 4 is 16.8 Å². The number of likely N-dealkylation sites (tertiary alicyclic amines) is 2. The number of para-hydroxylation sites is 1. The summed E-state index contributed by atoms with van der Waals surface area (Å²) >= 11 is 0. The fraction of sp³-hybridized carbons (Fsp3) is 0.500. The second-order valence-electron chi connectivity index (χ2n) is 11.1. The van der Waals surface area contributed by atoms with Crippen LogP contribution >= 0.6 is 0 Å². The third-order valence-electron chi connectivity index (χ3n) is 9.08. The number of fused-ring (bicyclic) bond motifs is 1. The van der Waals surface area contributed by atoms with Crippen LogP contribution in [0.4, 0.5) is 4.39 Å². The normalized spacial score (nSPS) is 24.2. The molecule has 4 nitrogen and oxygen atoms in total. The van der Waals surface area contributed by atoms with Crippen LogP contribution in [0, 0.1) is 23.6 Å². The molecule has 0 bridgehead atoms. The van der Waals surface area contributed by atoms with Crippen molar-refractivity contribution in [1.82, 2.24) is 14.4 Å². The fourth-order valence-corrected chi connectivity index (χ4v) is 6.87. The lowest BCUT2D eigenvalue weighted by atomic mass is 9.71. The number of carbonyl (C=O) groups is 1. The average Bonchev–Trinajstić information content (AvgIpc) is 3.42. The molecule has 0 unspecified atom stereocenters. The quantitative estimate of drug-likeness (QED) is 0.477. The summed E-state index contributed by atoms with van der Waals surface area (Å²) in [4.78, 5) is 18.5. The van der Waals surface area contributed by atoms with Gasteiger partial charge in [0.2, 0.25) is 0 Å². The average molecular weight is 474 g/mol. The first kappa shape index (κ1) is 22.8. The molecular formula is C30H36FN3O. The minimum absolute atomic E-state index is 0.156. The standard InChI is InChI=1S/C30H36FN3O/c1-32-15-12-24-6-3-7-27(29(24)32)30(35)34-19-25(28(20-34)23-4-2-5-23)18-33-16-13-22(14-17-33)21-8-10-26(31)11-9-21/h3,6-12,15,22-23,25,28H,2,4-5,13-14,16-20H2,1H3/t25-,28+/m1/s1. The van der Waals surface area contributed by atoms with Gasteiger partial charge in [0, 0.05) is 38.3 Å². The summed E-state index contributed by atoms with van der Waals surface area (Å²) in [5.74, 6) is 2.52. The van der Waals surface area contributed by atoms with Crippen molar-refractivity contribution in [3.63, 3.8) is 0 Å². The number of nitrogens with zero attached hydrogens (tertiary/aromatic N) is 3. The van der Waals surface area contributed by atoms with E-state index in [-0.39, 0.29) is 11.7 Å². The fourth-order valence-electron chi connectivity index (χ4n) is 6.87. The number of aryl methyl sites for hydroxylation is 1. The summed E-state index contributed by atoms with van der Waals surface area (Å²) < 4.78 is 15.4. The van der Waals surface area contributed by atoms with Crippen molar-refractivity contribution in [2.45, 2.75) is 38.0 Å². The highest BCUT2D eigenvalue weighted by Crippen LogP contribution is 2.42. The lowest BCUT2D eigenvalue weighted by molar-refractivity contribution is 0.0776. The molecule has 3 heterocycles.